The van der Waals surface area contributed by atoms with Crippen molar-refractivity contribution in [2.45, 2.75) is 19.9 Å². The Balaban J connectivity index is 2.18. The maximum absolute atomic E-state index is 12.0. The highest BCUT2D eigenvalue weighted by atomic mass is 16.2. The second kappa shape index (κ2) is 6.66. The number of aromatic nitrogens is 2. The summed E-state index contributed by atoms with van der Waals surface area (Å²) in [7, 11) is 0. The summed E-state index contributed by atoms with van der Waals surface area (Å²) in [6, 6.07) is 9.15. The maximum atomic E-state index is 12.0. The molecule has 0 saturated heterocycles. The molecule has 0 bridgehead atoms. The zero-order chi connectivity index (χ0) is 15.2. The van der Waals surface area contributed by atoms with E-state index < -0.39 is 0 Å². The smallest absolute Gasteiger partial charge is 0.225 e. The molecular formula is C15H16N4O2. The van der Waals surface area contributed by atoms with Gasteiger partial charge in [-0.3, -0.25) is 14.3 Å². The van der Waals surface area contributed by atoms with Crippen LogP contribution >= 0.6 is 0 Å². The standard InChI is InChI=1S/C15H16N4O2/c1-2-18(10-8-16)15(21)7-9-19-13-6-4-3-5-12(13)14(20)11-17-19/h3-6,11H,2,7,9-10H2,1H3. The number of nitriles is 1. The van der Waals surface area contributed by atoms with Crippen LogP contribution in [0.4, 0.5) is 0 Å². The molecule has 108 valence electrons. The van der Waals surface area contributed by atoms with Crippen molar-refractivity contribution in [2.75, 3.05) is 13.1 Å². The van der Waals surface area contributed by atoms with Gasteiger partial charge in [-0.1, -0.05) is 12.1 Å². The van der Waals surface area contributed by atoms with Crippen LogP contribution in [0, 0.1) is 11.3 Å². The first-order valence-electron chi connectivity index (χ1n) is 6.77. The molecule has 1 amide bonds. The van der Waals surface area contributed by atoms with Gasteiger partial charge in [0, 0.05) is 18.4 Å². The minimum Gasteiger partial charge on any atom is -0.330 e. The lowest BCUT2D eigenvalue weighted by atomic mass is 10.2. The predicted molar refractivity (Wildman–Crippen MR) is 78.5 cm³/mol. The second-order valence-corrected chi connectivity index (χ2v) is 4.57. The van der Waals surface area contributed by atoms with Gasteiger partial charge in [0.2, 0.25) is 11.3 Å². The van der Waals surface area contributed by atoms with E-state index in [2.05, 4.69) is 5.10 Å². The molecule has 0 aliphatic carbocycles. The van der Waals surface area contributed by atoms with Crippen LogP contribution in [0.15, 0.2) is 35.3 Å². The number of carbonyl (C=O) groups is 1. The fourth-order valence-corrected chi connectivity index (χ4v) is 2.16. The minimum absolute atomic E-state index is 0.0909. The number of amides is 1. The molecular weight excluding hydrogens is 268 g/mol. The third-order valence-electron chi connectivity index (χ3n) is 3.30. The molecule has 2 rings (SSSR count). The first kappa shape index (κ1) is 14.7. The van der Waals surface area contributed by atoms with Crippen molar-refractivity contribution in [1.82, 2.24) is 14.7 Å². The van der Waals surface area contributed by atoms with Crippen LogP contribution in [-0.2, 0) is 11.3 Å². The summed E-state index contributed by atoms with van der Waals surface area (Å²) >= 11 is 0. The molecule has 6 nitrogen and oxygen atoms in total. The van der Waals surface area contributed by atoms with Gasteiger partial charge in [-0.15, -0.1) is 0 Å². The molecule has 1 aromatic carbocycles. The number of carbonyl (C=O) groups excluding carboxylic acids is 1. The molecule has 0 N–H and O–H groups in total. The van der Waals surface area contributed by atoms with E-state index in [4.69, 9.17) is 5.26 Å². The van der Waals surface area contributed by atoms with Gasteiger partial charge >= 0.3 is 0 Å². The number of hydrogen-bond donors (Lipinski definition) is 0. The number of para-hydroxylation sites is 1. The highest BCUT2D eigenvalue weighted by Gasteiger charge is 2.12. The average molecular weight is 284 g/mol. The lowest BCUT2D eigenvalue weighted by Gasteiger charge is -2.17. The van der Waals surface area contributed by atoms with Crippen LogP contribution in [0.3, 0.4) is 0 Å². The summed E-state index contributed by atoms with van der Waals surface area (Å²) in [5.74, 6) is -0.0939. The second-order valence-electron chi connectivity index (χ2n) is 4.57. The molecule has 0 spiro atoms. The van der Waals surface area contributed by atoms with E-state index in [1.54, 1.807) is 22.9 Å². The fourth-order valence-electron chi connectivity index (χ4n) is 2.16. The average Bonchev–Trinajstić information content (AvgIpc) is 2.52. The van der Waals surface area contributed by atoms with Crippen LogP contribution in [0.5, 0.6) is 0 Å². The third kappa shape index (κ3) is 3.26. The van der Waals surface area contributed by atoms with E-state index in [-0.39, 0.29) is 24.3 Å². The van der Waals surface area contributed by atoms with Gasteiger partial charge in [-0.2, -0.15) is 10.4 Å². The molecule has 0 unspecified atom stereocenters. The molecule has 0 atom stereocenters. The van der Waals surface area contributed by atoms with Crippen LogP contribution in [0.1, 0.15) is 13.3 Å². The summed E-state index contributed by atoms with van der Waals surface area (Å²) in [5.41, 5.74) is 0.578. The topological polar surface area (TPSA) is 79.0 Å². The Morgan fingerprint density at radius 2 is 2.19 bits per heavy atom. The SMILES string of the molecule is CCN(CC#N)C(=O)CCn1ncc(=O)c2ccccc21. The lowest BCUT2D eigenvalue weighted by molar-refractivity contribution is -0.130. The zero-order valence-corrected chi connectivity index (χ0v) is 11.8. The molecule has 0 aliphatic rings. The molecule has 0 fully saturated rings. The number of fused-ring (bicyclic) bond motifs is 1. The zero-order valence-electron chi connectivity index (χ0n) is 11.8. The Morgan fingerprint density at radius 1 is 1.43 bits per heavy atom. The van der Waals surface area contributed by atoms with Crippen LogP contribution < -0.4 is 5.43 Å². The molecule has 0 aliphatic heterocycles. The Hall–Kier alpha value is -2.68. The van der Waals surface area contributed by atoms with Gasteiger partial charge in [-0.05, 0) is 19.1 Å². The predicted octanol–water partition coefficient (Wildman–Crippen LogP) is 1.16. The minimum atomic E-state index is -0.132. The van der Waals surface area contributed by atoms with Crippen LogP contribution in [-0.4, -0.2) is 33.7 Å². The fraction of sp³-hybridized carbons (Fsp3) is 0.333. The summed E-state index contributed by atoms with van der Waals surface area (Å²) in [6.45, 7) is 2.81. The monoisotopic (exact) mass is 284 g/mol. The molecule has 1 heterocycles. The molecule has 0 radical (unpaired) electrons. The van der Waals surface area contributed by atoms with Crippen molar-refractivity contribution in [3.63, 3.8) is 0 Å². The summed E-state index contributed by atoms with van der Waals surface area (Å²) in [5, 5.41) is 13.3. The third-order valence-corrected chi connectivity index (χ3v) is 3.30. The Labute approximate surface area is 122 Å². The first-order chi connectivity index (χ1) is 10.2. The van der Waals surface area contributed by atoms with Crippen molar-refractivity contribution in [2.24, 2.45) is 0 Å². The first-order valence-corrected chi connectivity index (χ1v) is 6.77. The number of nitrogens with zero attached hydrogens (tertiary/aromatic N) is 4. The van der Waals surface area contributed by atoms with Gasteiger partial charge in [0.1, 0.15) is 6.54 Å². The largest absolute Gasteiger partial charge is 0.330 e. The van der Waals surface area contributed by atoms with E-state index >= 15 is 0 Å². The van der Waals surface area contributed by atoms with Crippen molar-refractivity contribution in [3.05, 3.63) is 40.7 Å². The maximum Gasteiger partial charge on any atom is 0.225 e. The van der Waals surface area contributed by atoms with Crippen molar-refractivity contribution in [1.29, 1.82) is 5.26 Å². The molecule has 21 heavy (non-hydrogen) atoms. The summed E-state index contributed by atoms with van der Waals surface area (Å²) in [6.07, 6.45) is 1.51. The Bertz CT molecular complexity index is 745. The highest BCUT2D eigenvalue weighted by Crippen LogP contribution is 2.08. The van der Waals surface area contributed by atoms with Gasteiger partial charge in [0.25, 0.3) is 0 Å². The highest BCUT2D eigenvalue weighted by molar-refractivity contribution is 5.79. The van der Waals surface area contributed by atoms with Crippen LogP contribution in [0.25, 0.3) is 10.9 Å². The number of benzene rings is 1. The van der Waals surface area contributed by atoms with E-state index in [9.17, 15) is 9.59 Å². The summed E-state index contributed by atoms with van der Waals surface area (Å²) in [4.78, 5) is 25.2. The van der Waals surface area contributed by atoms with E-state index in [0.717, 1.165) is 0 Å². The van der Waals surface area contributed by atoms with Gasteiger partial charge in [0.15, 0.2) is 0 Å². The van der Waals surface area contributed by atoms with Gasteiger partial charge < -0.3 is 4.90 Å². The van der Waals surface area contributed by atoms with Gasteiger partial charge in [0.05, 0.1) is 24.3 Å². The lowest BCUT2D eigenvalue weighted by Crippen LogP contribution is -2.32. The van der Waals surface area contributed by atoms with Crippen molar-refractivity contribution >= 4 is 16.8 Å². The quantitative estimate of drug-likeness (QED) is 0.772. The molecule has 2 aromatic rings. The van der Waals surface area contributed by atoms with E-state index in [0.29, 0.717) is 24.0 Å². The van der Waals surface area contributed by atoms with Crippen molar-refractivity contribution < 1.29 is 4.79 Å². The van der Waals surface area contributed by atoms with Gasteiger partial charge in [-0.25, -0.2) is 0 Å². The Kier molecular flexibility index (Phi) is 4.67. The summed E-state index contributed by atoms with van der Waals surface area (Å²) < 4.78 is 1.65. The van der Waals surface area contributed by atoms with Crippen molar-refractivity contribution in [3.8, 4) is 6.07 Å². The normalized spacial score (nSPS) is 10.3. The van der Waals surface area contributed by atoms with E-state index in [1.807, 2.05) is 19.1 Å². The molecule has 1 aromatic heterocycles. The number of aryl methyl sites for hydroxylation is 1. The number of hydrogen-bond acceptors (Lipinski definition) is 4. The number of rotatable bonds is 5. The molecule has 6 heteroatoms. The molecule has 0 saturated carbocycles. The van der Waals surface area contributed by atoms with E-state index in [1.165, 1.54) is 11.1 Å². The van der Waals surface area contributed by atoms with Crippen LogP contribution in [0.2, 0.25) is 0 Å². The Morgan fingerprint density at radius 3 is 2.90 bits per heavy atom.